The largest absolute Gasteiger partial charge is 0.490 e. The van der Waals surface area contributed by atoms with Gasteiger partial charge in [0, 0.05) is 42.3 Å². The van der Waals surface area contributed by atoms with Gasteiger partial charge in [0.05, 0.1) is 38.2 Å². The van der Waals surface area contributed by atoms with Gasteiger partial charge < -0.3 is 19.1 Å². The van der Waals surface area contributed by atoms with Gasteiger partial charge >= 0.3 is 0 Å². The Morgan fingerprint density at radius 3 is 2.58 bits per heavy atom. The molecule has 1 unspecified atom stereocenters. The first-order valence-corrected chi connectivity index (χ1v) is 13.8. The lowest BCUT2D eigenvalue weighted by atomic mass is 9.95. The second kappa shape index (κ2) is 12.2. The lowest BCUT2D eigenvalue weighted by Gasteiger charge is -2.31. The maximum absolute atomic E-state index is 13.7. The van der Waals surface area contributed by atoms with Crippen LogP contribution < -0.4 is 9.47 Å². The Morgan fingerprint density at radius 2 is 1.84 bits per heavy atom. The number of ether oxygens (including phenoxy) is 3. The molecule has 0 saturated carbocycles. The molecule has 1 amide bonds. The average Bonchev–Trinajstić information content (AvgIpc) is 3.48. The molecule has 1 N–H and O–H groups in total. The van der Waals surface area contributed by atoms with Crippen LogP contribution in [0.4, 0.5) is 0 Å². The van der Waals surface area contributed by atoms with Gasteiger partial charge in [-0.1, -0.05) is 43.1 Å². The van der Waals surface area contributed by atoms with E-state index in [4.69, 9.17) is 25.8 Å². The van der Waals surface area contributed by atoms with Crippen LogP contribution in [0.15, 0.2) is 42.5 Å². The summed E-state index contributed by atoms with van der Waals surface area (Å²) in [6.45, 7) is 9.79. The number of aromatic nitrogens is 2. The Labute approximate surface area is 228 Å². The topological polar surface area (TPSA) is 79.9 Å². The van der Waals surface area contributed by atoms with Crippen molar-refractivity contribution in [1.82, 2.24) is 20.0 Å². The normalized spacial score (nSPS) is 17.6. The molecule has 2 aromatic carbocycles. The van der Waals surface area contributed by atoms with Crippen molar-refractivity contribution in [2.24, 2.45) is 0 Å². The standard InChI is InChI=1S/C29H35ClN4O4/c1-3-5-16-38-23-11-8-21(19-24(23)37-4-2)28-25-26(20-6-9-22(30)10-7-20)31-32-27(25)29(35)34(28)13-12-33-14-17-36-18-15-33/h6-11,19,28H,3-5,12-18H2,1-2H3,(H,31,32). The van der Waals surface area contributed by atoms with Crippen LogP contribution >= 0.6 is 11.6 Å². The monoisotopic (exact) mass is 538 g/mol. The van der Waals surface area contributed by atoms with E-state index < -0.39 is 0 Å². The van der Waals surface area contributed by atoms with Gasteiger partial charge in [-0.3, -0.25) is 14.8 Å². The number of unbranched alkanes of at least 4 members (excludes halogenated alkanes) is 1. The summed E-state index contributed by atoms with van der Waals surface area (Å²) in [5.74, 6) is 1.36. The van der Waals surface area contributed by atoms with Gasteiger partial charge in [-0.25, -0.2) is 0 Å². The molecule has 3 heterocycles. The van der Waals surface area contributed by atoms with E-state index in [1.54, 1.807) is 0 Å². The van der Waals surface area contributed by atoms with Crippen LogP contribution in [0.5, 0.6) is 11.5 Å². The number of carbonyl (C=O) groups is 1. The molecule has 38 heavy (non-hydrogen) atoms. The van der Waals surface area contributed by atoms with E-state index in [1.807, 2.05) is 54.3 Å². The summed E-state index contributed by atoms with van der Waals surface area (Å²) in [4.78, 5) is 18.0. The summed E-state index contributed by atoms with van der Waals surface area (Å²) >= 11 is 6.15. The number of carbonyl (C=O) groups excluding carboxylic acids is 1. The molecule has 0 aliphatic carbocycles. The third-order valence-corrected chi connectivity index (χ3v) is 7.33. The van der Waals surface area contributed by atoms with E-state index in [-0.39, 0.29) is 11.9 Å². The molecule has 2 aliphatic rings. The van der Waals surface area contributed by atoms with E-state index in [0.29, 0.717) is 36.2 Å². The first-order valence-electron chi connectivity index (χ1n) is 13.5. The highest BCUT2D eigenvalue weighted by atomic mass is 35.5. The molecular weight excluding hydrogens is 504 g/mol. The maximum Gasteiger partial charge on any atom is 0.273 e. The molecule has 1 saturated heterocycles. The summed E-state index contributed by atoms with van der Waals surface area (Å²) in [7, 11) is 0. The Morgan fingerprint density at radius 1 is 1.05 bits per heavy atom. The molecule has 0 spiro atoms. The Kier molecular flexibility index (Phi) is 8.51. The van der Waals surface area contributed by atoms with Gasteiger partial charge in [0.1, 0.15) is 5.69 Å². The average molecular weight is 539 g/mol. The van der Waals surface area contributed by atoms with Gasteiger partial charge in [-0.2, -0.15) is 5.10 Å². The molecule has 202 valence electrons. The van der Waals surface area contributed by atoms with Crippen LogP contribution in [0.3, 0.4) is 0 Å². The van der Waals surface area contributed by atoms with Gasteiger partial charge in [0.25, 0.3) is 5.91 Å². The van der Waals surface area contributed by atoms with Crippen molar-refractivity contribution in [2.45, 2.75) is 32.7 Å². The molecule has 1 atom stereocenters. The zero-order valence-corrected chi connectivity index (χ0v) is 22.8. The van der Waals surface area contributed by atoms with Crippen LogP contribution in [0.1, 0.15) is 54.3 Å². The number of hydrogen-bond acceptors (Lipinski definition) is 6. The lowest BCUT2D eigenvalue weighted by Crippen LogP contribution is -2.42. The van der Waals surface area contributed by atoms with Crippen LogP contribution in [-0.4, -0.2) is 78.5 Å². The summed E-state index contributed by atoms with van der Waals surface area (Å²) in [5, 5.41) is 8.27. The van der Waals surface area contributed by atoms with Crippen molar-refractivity contribution in [3.05, 3.63) is 64.3 Å². The number of rotatable bonds is 11. The minimum absolute atomic E-state index is 0.0489. The summed E-state index contributed by atoms with van der Waals surface area (Å²) < 4.78 is 17.5. The first kappa shape index (κ1) is 26.5. The van der Waals surface area contributed by atoms with Crippen LogP contribution in [0.25, 0.3) is 11.3 Å². The molecule has 0 bridgehead atoms. The van der Waals surface area contributed by atoms with Gasteiger partial charge in [-0.05, 0) is 43.2 Å². The summed E-state index contributed by atoms with van der Waals surface area (Å²) in [6, 6.07) is 13.3. The van der Waals surface area contributed by atoms with Gasteiger partial charge in [0.15, 0.2) is 11.5 Å². The predicted octanol–water partition coefficient (Wildman–Crippen LogP) is 5.19. The quantitative estimate of drug-likeness (QED) is 0.339. The second-order valence-electron chi connectivity index (χ2n) is 9.56. The SMILES string of the molecule is CCCCOc1ccc(C2c3c(-c4ccc(Cl)cc4)n[nH]c3C(=O)N2CCN2CCOCC2)cc1OCC. The number of nitrogens with one attached hydrogen (secondary N) is 1. The van der Waals surface area contributed by atoms with Crippen molar-refractivity contribution >= 4 is 17.5 Å². The molecule has 3 aromatic rings. The number of benzene rings is 2. The fourth-order valence-electron chi connectivity index (χ4n) is 5.08. The van der Waals surface area contributed by atoms with Crippen molar-refractivity contribution in [3.63, 3.8) is 0 Å². The van der Waals surface area contributed by atoms with E-state index >= 15 is 0 Å². The van der Waals surface area contributed by atoms with E-state index in [9.17, 15) is 4.79 Å². The third-order valence-electron chi connectivity index (χ3n) is 7.08. The van der Waals surface area contributed by atoms with Crippen molar-refractivity contribution in [2.75, 3.05) is 52.6 Å². The third kappa shape index (κ3) is 5.53. The number of halogens is 1. The highest BCUT2D eigenvalue weighted by Gasteiger charge is 2.42. The number of hydrogen-bond donors (Lipinski definition) is 1. The number of fused-ring (bicyclic) bond motifs is 1. The van der Waals surface area contributed by atoms with Crippen LogP contribution in [0.2, 0.25) is 5.02 Å². The number of aromatic amines is 1. The number of nitrogens with zero attached hydrogens (tertiary/aromatic N) is 3. The molecule has 2 aliphatic heterocycles. The molecule has 1 aromatic heterocycles. The summed E-state index contributed by atoms with van der Waals surface area (Å²) in [5.41, 5.74) is 4.03. The number of H-pyrrole nitrogens is 1. The van der Waals surface area contributed by atoms with Gasteiger partial charge in [-0.15, -0.1) is 0 Å². The lowest BCUT2D eigenvalue weighted by molar-refractivity contribution is 0.0316. The minimum Gasteiger partial charge on any atom is -0.490 e. The zero-order valence-electron chi connectivity index (χ0n) is 22.0. The molecule has 9 heteroatoms. The fraction of sp³-hybridized carbons (Fsp3) is 0.448. The zero-order chi connectivity index (χ0) is 26.5. The highest BCUT2D eigenvalue weighted by molar-refractivity contribution is 6.30. The number of morpholine rings is 1. The van der Waals surface area contributed by atoms with E-state index in [1.165, 1.54) is 0 Å². The molecular formula is C29H35ClN4O4. The molecule has 0 radical (unpaired) electrons. The van der Waals surface area contributed by atoms with E-state index in [2.05, 4.69) is 22.0 Å². The Balaban J connectivity index is 1.53. The molecule has 5 rings (SSSR count). The van der Waals surface area contributed by atoms with Crippen molar-refractivity contribution in [3.8, 4) is 22.8 Å². The summed E-state index contributed by atoms with van der Waals surface area (Å²) in [6.07, 6.45) is 2.03. The fourth-order valence-corrected chi connectivity index (χ4v) is 5.21. The molecule has 1 fully saturated rings. The predicted molar refractivity (Wildman–Crippen MR) is 147 cm³/mol. The van der Waals surface area contributed by atoms with Gasteiger partial charge in [0.2, 0.25) is 0 Å². The molecule has 8 nitrogen and oxygen atoms in total. The number of amides is 1. The van der Waals surface area contributed by atoms with Crippen molar-refractivity contribution in [1.29, 1.82) is 0 Å². The van der Waals surface area contributed by atoms with Crippen LogP contribution in [-0.2, 0) is 4.74 Å². The van der Waals surface area contributed by atoms with Crippen LogP contribution in [0, 0.1) is 0 Å². The smallest absolute Gasteiger partial charge is 0.273 e. The first-order chi connectivity index (χ1) is 18.6. The minimum atomic E-state index is -0.313. The second-order valence-corrected chi connectivity index (χ2v) is 10.0. The maximum atomic E-state index is 13.7. The Bertz CT molecular complexity index is 1240. The Hall–Kier alpha value is -3.07. The van der Waals surface area contributed by atoms with Crippen molar-refractivity contribution < 1.29 is 19.0 Å². The van der Waals surface area contributed by atoms with E-state index in [0.717, 1.165) is 73.8 Å². The highest BCUT2D eigenvalue weighted by Crippen LogP contribution is 2.44.